The highest BCUT2D eigenvalue weighted by Gasteiger charge is 2.13. The Balaban J connectivity index is 1.69. The number of carbonyl (C=O) groups is 1. The van der Waals surface area contributed by atoms with E-state index in [4.69, 9.17) is 16.0 Å². The van der Waals surface area contributed by atoms with Crippen molar-refractivity contribution < 1.29 is 13.6 Å². The van der Waals surface area contributed by atoms with Crippen LogP contribution in [-0.2, 0) is 17.8 Å². The summed E-state index contributed by atoms with van der Waals surface area (Å²) in [6.45, 7) is 0.259. The van der Waals surface area contributed by atoms with Crippen LogP contribution in [0.4, 0.5) is 4.39 Å². The van der Waals surface area contributed by atoms with Crippen molar-refractivity contribution in [1.82, 2.24) is 10.3 Å². The van der Waals surface area contributed by atoms with Crippen LogP contribution in [0.25, 0.3) is 11.5 Å². The molecular weight excluding hydrogens is 331 g/mol. The van der Waals surface area contributed by atoms with Gasteiger partial charge in [0.2, 0.25) is 5.91 Å². The Labute approximate surface area is 143 Å². The standard InChI is InChI=1S/C18H14ClFN2O2/c19-14-5-1-6-15(20)13(14)10-17(23)22-11-12-4-2-8-21-18(12)16-7-3-9-24-16/h1-9H,10-11H2,(H,22,23). The highest BCUT2D eigenvalue weighted by molar-refractivity contribution is 6.31. The number of aromatic nitrogens is 1. The number of amides is 1. The van der Waals surface area contributed by atoms with E-state index in [9.17, 15) is 9.18 Å². The maximum atomic E-state index is 13.7. The van der Waals surface area contributed by atoms with Gasteiger partial charge in [0.15, 0.2) is 5.76 Å². The number of hydrogen-bond acceptors (Lipinski definition) is 3. The monoisotopic (exact) mass is 344 g/mol. The van der Waals surface area contributed by atoms with Crippen molar-refractivity contribution in [2.75, 3.05) is 0 Å². The molecule has 0 aliphatic carbocycles. The van der Waals surface area contributed by atoms with Crippen LogP contribution < -0.4 is 5.32 Å². The minimum atomic E-state index is -0.490. The Morgan fingerprint density at radius 3 is 2.83 bits per heavy atom. The number of hydrogen-bond donors (Lipinski definition) is 1. The van der Waals surface area contributed by atoms with Crippen molar-refractivity contribution >= 4 is 17.5 Å². The number of rotatable bonds is 5. The van der Waals surface area contributed by atoms with E-state index in [-0.39, 0.29) is 29.5 Å². The van der Waals surface area contributed by atoms with Gasteiger partial charge in [-0.25, -0.2) is 4.39 Å². The molecule has 0 saturated heterocycles. The fourth-order valence-electron chi connectivity index (χ4n) is 2.33. The maximum absolute atomic E-state index is 13.7. The summed E-state index contributed by atoms with van der Waals surface area (Å²) in [5.41, 5.74) is 1.65. The molecule has 0 bridgehead atoms. The molecule has 3 aromatic rings. The molecule has 0 atom stereocenters. The molecule has 24 heavy (non-hydrogen) atoms. The lowest BCUT2D eigenvalue weighted by molar-refractivity contribution is -0.120. The normalized spacial score (nSPS) is 10.6. The molecule has 2 aromatic heterocycles. The second-order valence-corrected chi connectivity index (χ2v) is 5.55. The third-order valence-electron chi connectivity index (χ3n) is 3.52. The summed E-state index contributed by atoms with van der Waals surface area (Å²) in [6, 6.07) is 11.5. The minimum Gasteiger partial charge on any atom is -0.463 e. The molecule has 6 heteroatoms. The van der Waals surface area contributed by atoms with Gasteiger partial charge < -0.3 is 9.73 Å². The number of nitrogens with one attached hydrogen (secondary N) is 1. The van der Waals surface area contributed by atoms with E-state index in [0.29, 0.717) is 11.5 Å². The topological polar surface area (TPSA) is 55.1 Å². The van der Waals surface area contributed by atoms with Crippen LogP contribution >= 0.6 is 11.6 Å². The molecule has 4 nitrogen and oxygen atoms in total. The molecule has 1 N–H and O–H groups in total. The number of pyridine rings is 1. The SMILES string of the molecule is O=C(Cc1c(F)cccc1Cl)NCc1cccnc1-c1ccco1. The van der Waals surface area contributed by atoms with Crippen molar-refractivity contribution in [1.29, 1.82) is 0 Å². The average molecular weight is 345 g/mol. The zero-order valence-electron chi connectivity index (χ0n) is 12.6. The molecule has 1 amide bonds. The zero-order valence-corrected chi connectivity index (χ0v) is 13.4. The summed E-state index contributed by atoms with van der Waals surface area (Å²) in [6.07, 6.45) is 3.09. The van der Waals surface area contributed by atoms with Gasteiger partial charge in [0, 0.05) is 28.9 Å². The first-order valence-electron chi connectivity index (χ1n) is 7.32. The van der Waals surface area contributed by atoms with Gasteiger partial charge in [-0.05, 0) is 30.3 Å². The first-order valence-corrected chi connectivity index (χ1v) is 7.70. The molecule has 2 heterocycles. The fourth-order valence-corrected chi connectivity index (χ4v) is 2.56. The number of furan rings is 1. The van der Waals surface area contributed by atoms with Crippen molar-refractivity contribution in [2.45, 2.75) is 13.0 Å². The van der Waals surface area contributed by atoms with E-state index in [0.717, 1.165) is 5.56 Å². The van der Waals surface area contributed by atoms with E-state index >= 15 is 0 Å². The van der Waals surface area contributed by atoms with Crippen LogP contribution in [0.1, 0.15) is 11.1 Å². The largest absolute Gasteiger partial charge is 0.463 e. The zero-order chi connectivity index (χ0) is 16.9. The van der Waals surface area contributed by atoms with E-state index < -0.39 is 5.82 Å². The quantitative estimate of drug-likeness (QED) is 0.761. The predicted octanol–water partition coefficient (Wildman–Crippen LogP) is 3.99. The van der Waals surface area contributed by atoms with Gasteiger partial charge in [-0.2, -0.15) is 0 Å². The van der Waals surface area contributed by atoms with Gasteiger partial charge in [0.25, 0.3) is 0 Å². The Morgan fingerprint density at radius 1 is 1.21 bits per heavy atom. The minimum absolute atomic E-state index is 0.123. The van der Waals surface area contributed by atoms with Gasteiger partial charge in [0.1, 0.15) is 11.5 Å². The highest BCUT2D eigenvalue weighted by atomic mass is 35.5. The smallest absolute Gasteiger partial charge is 0.224 e. The van der Waals surface area contributed by atoms with Crippen LogP contribution in [0.2, 0.25) is 5.02 Å². The van der Waals surface area contributed by atoms with E-state index in [1.54, 1.807) is 36.7 Å². The first-order chi connectivity index (χ1) is 11.6. The summed E-state index contributed by atoms with van der Waals surface area (Å²) in [7, 11) is 0. The average Bonchev–Trinajstić information content (AvgIpc) is 3.11. The summed E-state index contributed by atoms with van der Waals surface area (Å²) >= 11 is 5.94. The highest BCUT2D eigenvalue weighted by Crippen LogP contribution is 2.22. The second-order valence-electron chi connectivity index (χ2n) is 5.14. The number of halogens is 2. The van der Waals surface area contributed by atoms with Gasteiger partial charge in [0.05, 0.1) is 12.7 Å². The molecule has 1 aromatic carbocycles. The van der Waals surface area contributed by atoms with Crippen LogP contribution in [0.5, 0.6) is 0 Å². The summed E-state index contributed by atoms with van der Waals surface area (Å²) in [5.74, 6) is -0.191. The Morgan fingerprint density at radius 2 is 2.08 bits per heavy atom. The van der Waals surface area contributed by atoms with Crippen LogP contribution in [0, 0.1) is 5.82 Å². The lowest BCUT2D eigenvalue weighted by Crippen LogP contribution is -2.25. The van der Waals surface area contributed by atoms with Crippen molar-refractivity contribution in [3.63, 3.8) is 0 Å². The summed E-state index contributed by atoms with van der Waals surface area (Å²) in [5, 5.41) is 3.00. The fraction of sp³-hybridized carbons (Fsp3) is 0.111. The second kappa shape index (κ2) is 7.27. The lowest BCUT2D eigenvalue weighted by atomic mass is 10.1. The molecule has 0 aliphatic rings. The number of benzene rings is 1. The molecule has 0 aliphatic heterocycles. The van der Waals surface area contributed by atoms with Crippen molar-refractivity contribution in [2.24, 2.45) is 0 Å². The molecule has 0 saturated carbocycles. The molecule has 0 unspecified atom stereocenters. The van der Waals surface area contributed by atoms with Crippen LogP contribution in [0.15, 0.2) is 59.3 Å². The third kappa shape index (κ3) is 3.63. The number of nitrogens with zero attached hydrogens (tertiary/aromatic N) is 1. The van der Waals surface area contributed by atoms with E-state index in [1.807, 2.05) is 6.07 Å². The Bertz CT molecular complexity index is 830. The Kier molecular flexibility index (Phi) is 4.91. The van der Waals surface area contributed by atoms with Crippen LogP contribution in [0.3, 0.4) is 0 Å². The molecule has 0 spiro atoms. The Hall–Kier alpha value is -2.66. The molecule has 0 radical (unpaired) electrons. The molecule has 0 fully saturated rings. The third-order valence-corrected chi connectivity index (χ3v) is 3.87. The van der Waals surface area contributed by atoms with Gasteiger partial charge in [-0.3, -0.25) is 9.78 Å². The predicted molar refractivity (Wildman–Crippen MR) is 88.9 cm³/mol. The molecule has 3 rings (SSSR count). The van der Waals surface area contributed by atoms with Gasteiger partial charge in [-0.1, -0.05) is 23.7 Å². The first kappa shape index (κ1) is 16.2. The number of carbonyl (C=O) groups excluding carboxylic acids is 1. The molecule has 122 valence electrons. The van der Waals surface area contributed by atoms with Gasteiger partial charge in [-0.15, -0.1) is 0 Å². The van der Waals surface area contributed by atoms with Crippen molar-refractivity contribution in [3.05, 3.63) is 76.9 Å². The van der Waals surface area contributed by atoms with Crippen molar-refractivity contribution in [3.8, 4) is 11.5 Å². The maximum Gasteiger partial charge on any atom is 0.224 e. The van der Waals surface area contributed by atoms with E-state index in [1.165, 1.54) is 12.1 Å². The van der Waals surface area contributed by atoms with Crippen LogP contribution in [-0.4, -0.2) is 10.9 Å². The summed E-state index contributed by atoms with van der Waals surface area (Å²) < 4.78 is 19.1. The van der Waals surface area contributed by atoms with Gasteiger partial charge >= 0.3 is 0 Å². The summed E-state index contributed by atoms with van der Waals surface area (Å²) in [4.78, 5) is 16.4. The molecular formula is C18H14ClFN2O2. The lowest BCUT2D eigenvalue weighted by Gasteiger charge is -2.09. The van der Waals surface area contributed by atoms with E-state index in [2.05, 4.69) is 10.3 Å².